The van der Waals surface area contributed by atoms with E-state index < -0.39 is 0 Å². The number of benzene rings is 1. The molecule has 0 atom stereocenters. The van der Waals surface area contributed by atoms with Gasteiger partial charge in [0.05, 0.1) is 12.7 Å². The number of esters is 1. The third-order valence-electron chi connectivity index (χ3n) is 2.76. The average Bonchev–Trinajstić information content (AvgIpc) is 2.92. The van der Waals surface area contributed by atoms with Gasteiger partial charge < -0.3 is 15.8 Å². The molecule has 1 aromatic heterocycles. The molecule has 0 unspecified atom stereocenters. The number of nitrogens with two attached hydrogens (primary N) is 1. The molecule has 0 aliphatic heterocycles. The Balaban J connectivity index is 2.04. The highest BCUT2D eigenvalue weighted by Crippen LogP contribution is 2.20. The summed E-state index contributed by atoms with van der Waals surface area (Å²) < 4.78 is 4.75. The second-order valence-electron chi connectivity index (χ2n) is 4.10. The van der Waals surface area contributed by atoms with Crippen molar-refractivity contribution in [2.24, 2.45) is 0 Å². The summed E-state index contributed by atoms with van der Waals surface area (Å²) in [4.78, 5) is 11.7. The van der Waals surface area contributed by atoms with Gasteiger partial charge >= 0.3 is 5.97 Å². The summed E-state index contributed by atoms with van der Waals surface area (Å²) in [5.74, 6) is -0.384. The third kappa shape index (κ3) is 3.48. The topological polar surface area (TPSA) is 64.3 Å². The van der Waals surface area contributed by atoms with Crippen molar-refractivity contribution < 1.29 is 9.53 Å². The number of thiophene rings is 1. The van der Waals surface area contributed by atoms with Gasteiger partial charge in [0.25, 0.3) is 0 Å². The van der Waals surface area contributed by atoms with Crippen LogP contribution in [0.5, 0.6) is 0 Å². The normalized spacial score (nSPS) is 10.2. The highest BCUT2D eigenvalue weighted by atomic mass is 32.1. The maximum atomic E-state index is 11.7. The number of nitrogen functional groups attached to an aromatic ring is 1. The molecule has 2 aromatic rings. The van der Waals surface area contributed by atoms with E-state index >= 15 is 0 Å². The average molecular weight is 276 g/mol. The van der Waals surface area contributed by atoms with E-state index in [-0.39, 0.29) is 5.97 Å². The van der Waals surface area contributed by atoms with Crippen LogP contribution in [-0.4, -0.2) is 19.6 Å². The Labute approximate surface area is 116 Å². The summed E-state index contributed by atoms with van der Waals surface area (Å²) in [5.41, 5.74) is 8.73. The zero-order valence-corrected chi connectivity index (χ0v) is 11.5. The molecule has 0 fully saturated rings. The molecule has 1 aromatic carbocycles. The number of nitrogens with one attached hydrogen (secondary N) is 1. The smallest absolute Gasteiger partial charge is 0.340 e. The van der Waals surface area contributed by atoms with Crippen molar-refractivity contribution in [3.05, 3.63) is 46.2 Å². The van der Waals surface area contributed by atoms with E-state index in [0.717, 1.165) is 18.7 Å². The Bertz CT molecular complexity index is 553. The number of methoxy groups -OCH3 is 1. The van der Waals surface area contributed by atoms with Crippen LogP contribution in [0.3, 0.4) is 0 Å². The molecule has 3 N–H and O–H groups in total. The lowest BCUT2D eigenvalue weighted by atomic mass is 10.1. The predicted octanol–water partition coefficient (Wildman–Crippen LogP) is 2.77. The van der Waals surface area contributed by atoms with Crippen molar-refractivity contribution in [3.63, 3.8) is 0 Å². The Kier molecular flexibility index (Phi) is 4.41. The second kappa shape index (κ2) is 6.24. The maximum absolute atomic E-state index is 11.7. The van der Waals surface area contributed by atoms with Gasteiger partial charge in [-0.1, -0.05) is 0 Å². The minimum atomic E-state index is -0.384. The first-order valence-electron chi connectivity index (χ1n) is 5.93. The van der Waals surface area contributed by atoms with Crippen molar-refractivity contribution in [2.45, 2.75) is 6.42 Å². The van der Waals surface area contributed by atoms with Crippen LogP contribution in [0.1, 0.15) is 15.9 Å². The number of carbonyl (C=O) groups excluding carboxylic acids is 1. The molecule has 19 heavy (non-hydrogen) atoms. The number of hydrogen-bond acceptors (Lipinski definition) is 5. The van der Waals surface area contributed by atoms with Gasteiger partial charge in [-0.2, -0.15) is 11.3 Å². The van der Waals surface area contributed by atoms with E-state index in [2.05, 4.69) is 22.1 Å². The molecule has 0 bridgehead atoms. The van der Waals surface area contributed by atoms with Crippen molar-refractivity contribution in [3.8, 4) is 0 Å². The van der Waals surface area contributed by atoms with Crippen molar-refractivity contribution in [1.82, 2.24) is 0 Å². The molecule has 0 amide bonds. The van der Waals surface area contributed by atoms with Crippen LogP contribution in [-0.2, 0) is 11.2 Å². The zero-order chi connectivity index (χ0) is 13.7. The molecule has 0 spiro atoms. The fourth-order valence-electron chi connectivity index (χ4n) is 1.77. The number of ether oxygens (including phenoxy) is 1. The summed E-state index contributed by atoms with van der Waals surface area (Å²) in [6.07, 6.45) is 0.911. The molecule has 4 nitrogen and oxygen atoms in total. The summed E-state index contributed by atoms with van der Waals surface area (Å²) in [6.45, 7) is 0.755. The standard InChI is InChI=1S/C14H16N2O2S/c1-18-14(17)12-8-11(15)2-3-13(12)16-6-4-10-5-7-19-9-10/h2-3,5,7-9,16H,4,6,15H2,1H3. The molecule has 0 radical (unpaired) electrons. The summed E-state index contributed by atoms with van der Waals surface area (Å²) in [7, 11) is 1.36. The molecule has 0 aliphatic rings. The van der Waals surface area contributed by atoms with Crippen molar-refractivity contribution in [1.29, 1.82) is 0 Å². The first kappa shape index (κ1) is 13.4. The van der Waals surface area contributed by atoms with Gasteiger partial charge in [0.15, 0.2) is 0 Å². The molecule has 0 saturated heterocycles. The fourth-order valence-corrected chi connectivity index (χ4v) is 2.47. The number of carbonyl (C=O) groups is 1. The molecule has 0 aliphatic carbocycles. The van der Waals surface area contributed by atoms with E-state index in [1.54, 1.807) is 29.5 Å². The van der Waals surface area contributed by atoms with Crippen molar-refractivity contribution in [2.75, 3.05) is 24.7 Å². The molecule has 2 rings (SSSR count). The maximum Gasteiger partial charge on any atom is 0.340 e. The van der Waals surface area contributed by atoms with E-state index in [0.29, 0.717) is 11.3 Å². The van der Waals surface area contributed by atoms with Gasteiger partial charge in [0.2, 0.25) is 0 Å². The molecular formula is C14H16N2O2S. The molecule has 0 saturated carbocycles. The van der Waals surface area contributed by atoms with Gasteiger partial charge in [-0.05, 0) is 47.0 Å². The Morgan fingerprint density at radius 3 is 2.95 bits per heavy atom. The highest BCUT2D eigenvalue weighted by Gasteiger charge is 2.11. The second-order valence-corrected chi connectivity index (χ2v) is 4.89. The minimum absolute atomic E-state index is 0.384. The SMILES string of the molecule is COC(=O)c1cc(N)ccc1NCCc1ccsc1. The number of rotatable bonds is 5. The molecular weight excluding hydrogens is 260 g/mol. The van der Waals surface area contributed by atoms with Gasteiger partial charge in [-0.3, -0.25) is 0 Å². The van der Waals surface area contributed by atoms with Crippen LogP contribution >= 0.6 is 11.3 Å². The fraction of sp³-hybridized carbons (Fsp3) is 0.214. The Morgan fingerprint density at radius 2 is 2.26 bits per heavy atom. The number of anilines is 2. The first-order chi connectivity index (χ1) is 9.20. The van der Waals surface area contributed by atoms with Crippen LogP contribution in [0.2, 0.25) is 0 Å². The molecule has 5 heteroatoms. The quantitative estimate of drug-likeness (QED) is 0.651. The first-order valence-corrected chi connectivity index (χ1v) is 6.88. The van der Waals surface area contributed by atoms with E-state index in [4.69, 9.17) is 10.5 Å². The van der Waals surface area contributed by atoms with Crippen LogP contribution in [0.15, 0.2) is 35.0 Å². The van der Waals surface area contributed by atoms with Crippen LogP contribution < -0.4 is 11.1 Å². The summed E-state index contributed by atoms with van der Waals surface area (Å²) in [5, 5.41) is 7.41. The minimum Gasteiger partial charge on any atom is -0.465 e. The van der Waals surface area contributed by atoms with Gasteiger partial charge in [0, 0.05) is 17.9 Å². The molecule has 1 heterocycles. The predicted molar refractivity (Wildman–Crippen MR) is 78.7 cm³/mol. The van der Waals surface area contributed by atoms with Crippen LogP contribution in [0.25, 0.3) is 0 Å². The van der Waals surface area contributed by atoms with Gasteiger partial charge in [-0.15, -0.1) is 0 Å². The van der Waals surface area contributed by atoms with Gasteiger partial charge in [-0.25, -0.2) is 4.79 Å². The lowest BCUT2D eigenvalue weighted by Gasteiger charge is -2.11. The van der Waals surface area contributed by atoms with Gasteiger partial charge in [0.1, 0.15) is 0 Å². The van der Waals surface area contributed by atoms with Crippen LogP contribution in [0, 0.1) is 0 Å². The Hall–Kier alpha value is -2.01. The third-order valence-corrected chi connectivity index (χ3v) is 3.49. The summed E-state index contributed by atoms with van der Waals surface area (Å²) in [6, 6.07) is 7.28. The monoisotopic (exact) mass is 276 g/mol. The molecule has 100 valence electrons. The zero-order valence-electron chi connectivity index (χ0n) is 10.7. The van der Waals surface area contributed by atoms with E-state index in [1.807, 2.05) is 0 Å². The Morgan fingerprint density at radius 1 is 1.42 bits per heavy atom. The largest absolute Gasteiger partial charge is 0.465 e. The van der Waals surface area contributed by atoms with E-state index in [1.165, 1.54) is 12.7 Å². The van der Waals surface area contributed by atoms with E-state index in [9.17, 15) is 4.79 Å². The van der Waals surface area contributed by atoms with Crippen molar-refractivity contribution >= 4 is 28.7 Å². The number of hydrogen-bond donors (Lipinski definition) is 2. The summed E-state index contributed by atoms with van der Waals surface area (Å²) >= 11 is 1.68. The highest BCUT2D eigenvalue weighted by molar-refractivity contribution is 7.07. The lowest BCUT2D eigenvalue weighted by molar-refractivity contribution is 0.0602. The lowest BCUT2D eigenvalue weighted by Crippen LogP contribution is -2.11. The van der Waals surface area contributed by atoms with Crippen LogP contribution in [0.4, 0.5) is 11.4 Å².